The summed E-state index contributed by atoms with van der Waals surface area (Å²) in [7, 11) is 1.45. The number of amides is 1. The van der Waals surface area contributed by atoms with Crippen molar-refractivity contribution >= 4 is 20.3 Å². The van der Waals surface area contributed by atoms with Crippen LogP contribution in [0.5, 0.6) is 11.5 Å². The molecule has 5 atom stereocenters. The van der Waals surface area contributed by atoms with Gasteiger partial charge in [-0.3, -0.25) is 9.36 Å². The van der Waals surface area contributed by atoms with Crippen LogP contribution in [0.4, 0.5) is 5.82 Å². The Bertz CT molecular complexity index is 2310. The Kier molecular flexibility index (Phi) is 14.2. The number of nitrogens with zero attached hydrogens (tertiary/aromatic N) is 4. The lowest BCUT2D eigenvalue weighted by Gasteiger charge is -2.41. The third-order valence-corrected chi connectivity index (χ3v) is 13.0. The van der Waals surface area contributed by atoms with Crippen molar-refractivity contribution in [1.82, 2.24) is 14.2 Å². The molecule has 1 amide bonds. The zero-order valence-corrected chi connectivity index (χ0v) is 36.6. The van der Waals surface area contributed by atoms with Crippen molar-refractivity contribution in [2.24, 2.45) is 0 Å². The monoisotopic (exact) mass is 861 g/mol. The number of hydrogen-bond donors (Lipinski definition) is 1. The number of carbonyl (C=O) groups is 1. The minimum absolute atomic E-state index is 0.00780. The van der Waals surface area contributed by atoms with Gasteiger partial charge in [-0.25, -0.2) is 9.46 Å². The molecular formula is C47H52N5O9P. The first-order valence-electron chi connectivity index (χ1n) is 20.5. The average molecular weight is 862 g/mol. The molecule has 15 heteroatoms. The Morgan fingerprint density at radius 2 is 1.48 bits per heavy atom. The number of ether oxygens (including phenoxy) is 5. The van der Waals surface area contributed by atoms with Gasteiger partial charge in [0, 0.05) is 23.8 Å². The average Bonchev–Trinajstić information content (AvgIpc) is 3.78. The molecule has 2 bridgehead atoms. The predicted molar refractivity (Wildman–Crippen MR) is 234 cm³/mol. The van der Waals surface area contributed by atoms with E-state index in [0.717, 1.165) is 16.7 Å². The standard InChI is InChI=1S/C47H52N5O9P/c1-32(2)52(33(3)4)62(59-29-13-27-48)61-42-41-44(51-28-26-40(50-45(51)54)49-43(53)34-14-9-7-10-15-34)60-46(42,30-57-41)31-58-47(35-16-11-8-12-17-35,36-18-22-38(55-5)23-19-36)37-20-24-39(56-6)25-21-37/h7-12,14-26,28,32-33,41-42,44H,13,29-31H2,1-6H3,(H,49,50,53,54)/t41-,42-,44+,46+,62?/m1/s1. The number of aromatic nitrogens is 2. The van der Waals surface area contributed by atoms with Crippen molar-refractivity contribution in [1.29, 1.82) is 5.26 Å². The van der Waals surface area contributed by atoms with Crippen LogP contribution in [0.25, 0.3) is 0 Å². The summed E-state index contributed by atoms with van der Waals surface area (Å²) in [6, 6.07) is 37.8. The van der Waals surface area contributed by atoms with Crippen molar-refractivity contribution in [3.63, 3.8) is 0 Å². The maximum absolute atomic E-state index is 13.9. The van der Waals surface area contributed by atoms with E-state index in [1.807, 2.05) is 84.9 Å². The molecule has 4 aromatic carbocycles. The van der Waals surface area contributed by atoms with Gasteiger partial charge in [-0.05, 0) is 86.8 Å². The third-order valence-electron chi connectivity index (χ3n) is 10.9. The van der Waals surface area contributed by atoms with E-state index < -0.39 is 49.8 Å². The number of fused-ring (bicyclic) bond motifs is 2. The SMILES string of the molecule is COc1ccc(C(OC[C@@]23CO[C@H]([C@H]2OP(OCCC#N)N(C(C)C)C(C)C)[C@@H](n2ccc(NC(=O)c4ccccc4)nc2=O)O3)(c2ccccc2)c2ccc(OC)cc2)cc1. The molecule has 62 heavy (non-hydrogen) atoms. The first kappa shape index (κ1) is 44.6. The summed E-state index contributed by atoms with van der Waals surface area (Å²) < 4.78 is 49.1. The minimum Gasteiger partial charge on any atom is -0.497 e. The molecule has 1 unspecified atom stereocenters. The van der Waals surface area contributed by atoms with Crippen molar-refractivity contribution in [3.8, 4) is 17.6 Å². The van der Waals surface area contributed by atoms with E-state index in [-0.39, 0.29) is 44.1 Å². The van der Waals surface area contributed by atoms with Crippen LogP contribution in [-0.2, 0) is 28.9 Å². The lowest BCUT2D eigenvalue weighted by Crippen LogP contribution is -2.49. The van der Waals surface area contributed by atoms with Gasteiger partial charge in [-0.1, -0.05) is 72.8 Å². The van der Waals surface area contributed by atoms with E-state index in [1.54, 1.807) is 44.6 Å². The van der Waals surface area contributed by atoms with E-state index in [9.17, 15) is 14.9 Å². The van der Waals surface area contributed by atoms with Crippen LogP contribution in [-0.4, -0.2) is 84.1 Å². The van der Waals surface area contributed by atoms with E-state index in [1.165, 1.54) is 10.8 Å². The van der Waals surface area contributed by atoms with Crippen LogP contribution in [0.2, 0.25) is 0 Å². The van der Waals surface area contributed by atoms with Crippen LogP contribution in [0, 0.1) is 11.3 Å². The topological polar surface area (TPSA) is 156 Å². The minimum atomic E-state index is -1.80. The summed E-state index contributed by atoms with van der Waals surface area (Å²) in [6.45, 7) is 8.38. The Hall–Kier alpha value is -5.49. The van der Waals surface area contributed by atoms with E-state index in [4.69, 9.17) is 32.7 Å². The smallest absolute Gasteiger partial charge is 0.351 e. The summed E-state index contributed by atoms with van der Waals surface area (Å²) in [4.78, 5) is 31.1. The maximum atomic E-state index is 13.9. The van der Waals surface area contributed by atoms with E-state index in [2.05, 4.69) is 48.7 Å². The van der Waals surface area contributed by atoms with Gasteiger partial charge >= 0.3 is 5.69 Å². The zero-order chi connectivity index (χ0) is 43.9. The molecule has 7 rings (SSSR count). The number of benzene rings is 4. The Labute approximate surface area is 363 Å². The quantitative estimate of drug-likeness (QED) is 0.0488. The second kappa shape index (κ2) is 19.7. The molecule has 5 aromatic rings. The number of anilines is 1. The van der Waals surface area contributed by atoms with Crippen LogP contribution >= 0.6 is 8.53 Å². The van der Waals surface area contributed by atoms with E-state index in [0.29, 0.717) is 17.1 Å². The fourth-order valence-electron chi connectivity index (χ4n) is 8.03. The molecule has 2 saturated heterocycles. The van der Waals surface area contributed by atoms with Gasteiger partial charge in [0.1, 0.15) is 40.7 Å². The van der Waals surface area contributed by atoms with Crippen LogP contribution < -0.4 is 20.5 Å². The highest BCUT2D eigenvalue weighted by atomic mass is 31.2. The van der Waals surface area contributed by atoms with Gasteiger partial charge < -0.3 is 38.0 Å². The molecule has 14 nitrogen and oxygen atoms in total. The highest BCUT2D eigenvalue weighted by Crippen LogP contribution is 2.56. The number of nitriles is 1. The Balaban J connectivity index is 1.31. The van der Waals surface area contributed by atoms with Crippen molar-refractivity contribution < 1.29 is 37.5 Å². The van der Waals surface area contributed by atoms with Crippen LogP contribution in [0.3, 0.4) is 0 Å². The highest BCUT2D eigenvalue weighted by Gasteiger charge is 2.65. The second-order valence-electron chi connectivity index (χ2n) is 15.5. The molecule has 0 radical (unpaired) electrons. The molecule has 0 aliphatic carbocycles. The van der Waals surface area contributed by atoms with Crippen molar-refractivity contribution in [2.45, 2.75) is 75.8 Å². The van der Waals surface area contributed by atoms with Gasteiger partial charge in [-0.15, -0.1) is 0 Å². The predicted octanol–water partition coefficient (Wildman–Crippen LogP) is 7.85. The molecule has 3 heterocycles. The second-order valence-corrected chi connectivity index (χ2v) is 16.9. The Morgan fingerprint density at radius 3 is 2.03 bits per heavy atom. The molecule has 0 spiro atoms. The van der Waals surface area contributed by atoms with Crippen molar-refractivity contribution in [2.75, 3.05) is 39.4 Å². The normalized spacial score (nSPS) is 20.0. The first-order chi connectivity index (χ1) is 30.0. The highest BCUT2D eigenvalue weighted by molar-refractivity contribution is 7.44. The number of hydrogen-bond acceptors (Lipinski definition) is 12. The lowest BCUT2D eigenvalue weighted by molar-refractivity contribution is -0.203. The molecule has 2 aliphatic heterocycles. The molecule has 2 aliphatic rings. The summed E-state index contributed by atoms with van der Waals surface area (Å²) in [6.07, 6.45) is -0.958. The number of nitrogens with one attached hydrogen (secondary N) is 1. The fourth-order valence-corrected chi connectivity index (χ4v) is 9.84. The summed E-state index contributed by atoms with van der Waals surface area (Å²) in [5, 5.41) is 12.2. The summed E-state index contributed by atoms with van der Waals surface area (Å²) in [5.74, 6) is 1.04. The van der Waals surface area contributed by atoms with Gasteiger partial charge in [-0.2, -0.15) is 10.2 Å². The molecule has 0 saturated carbocycles. The van der Waals surface area contributed by atoms with Gasteiger partial charge in [0.05, 0.1) is 46.5 Å². The zero-order valence-electron chi connectivity index (χ0n) is 35.7. The van der Waals surface area contributed by atoms with E-state index >= 15 is 0 Å². The number of methoxy groups -OCH3 is 2. The van der Waals surface area contributed by atoms with Gasteiger partial charge in [0.25, 0.3) is 14.4 Å². The summed E-state index contributed by atoms with van der Waals surface area (Å²) in [5.41, 5.74) is -0.286. The maximum Gasteiger partial charge on any atom is 0.351 e. The van der Waals surface area contributed by atoms with Gasteiger partial charge in [0.15, 0.2) is 6.23 Å². The molecular weight excluding hydrogens is 810 g/mol. The molecule has 1 N–H and O–H groups in total. The molecule has 1 aromatic heterocycles. The van der Waals surface area contributed by atoms with Crippen LogP contribution in [0.1, 0.15) is 67.4 Å². The number of carbonyl (C=O) groups excluding carboxylic acids is 1. The van der Waals surface area contributed by atoms with Crippen LogP contribution in [0.15, 0.2) is 126 Å². The Morgan fingerprint density at radius 1 is 0.903 bits per heavy atom. The van der Waals surface area contributed by atoms with Crippen molar-refractivity contribution in [3.05, 3.63) is 154 Å². The largest absolute Gasteiger partial charge is 0.497 e. The molecule has 2 fully saturated rings. The number of rotatable bonds is 19. The fraction of sp³-hybridized carbons (Fsp3) is 0.362. The van der Waals surface area contributed by atoms with Gasteiger partial charge in [0.2, 0.25) is 0 Å². The third kappa shape index (κ3) is 9.16. The summed E-state index contributed by atoms with van der Waals surface area (Å²) >= 11 is 0. The first-order valence-corrected chi connectivity index (χ1v) is 21.6. The molecule has 324 valence electrons. The lowest BCUT2D eigenvalue weighted by atomic mass is 9.79.